The molecule has 1 atom stereocenters. The molecule has 1 unspecified atom stereocenters. The zero-order valence-corrected chi connectivity index (χ0v) is 16.4. The highest BCUT2D eigenvalue weighted by molar-refractivity contribution is 7.89. The van der Waals surface area contributed by atoms with Gasteiger partial charge in [0, 0.05) is 38.3 Å². The van der Waals surface area contributed by atoms with Gasteiger partial charge in [0.25, 0.3) is 11.8 Å². The highest BCUT2D eigenvalue weighted by atomic mass is 32.2. The van der Waals surface area contributed by atoms with Crippen LogP contribution in [0.4, 0.5) is 0 Å². The number of benzene rings is 1. The predicted molar refractivity (Wildman–Crippen MR) is 98.9 cm³/mol. The zero-order chi connectivity index (χ0) is 19.6. The van der Waals surface area contributed by atoms with Crippen LogP contribution in [0.1, 0.15) is 28.8 Å². The lowest BCUT2D eigenvalue weighted by atomic mass is 10.1. The van der Waals surface area contributed by atoms with Crippen molar-refractivity contribution in [3.05, 3.63) is 29.3 Å². The van der Waals surface area contributed by atoms with Gasteiger partial charge in [-0.15, -0.1) is 0 Å². The number of aryl methyl sites for hydroxylation is 1. The molecule has 2 fully saturated rings. The van der Waals surface area contributed by atoms with Gasteiger partial charge in [-0.2, -0.15) is 0 Å². The van der Waals surface area contributed by atoms with Gasteiger partial charge < -0.3 is 14.5 Å². The summed E-state index contributed by atoms with van der Waals surface area (Å²) in [6.45, 7) is 4.15. The highest BCUT2D eigenvalue weighted by Crippen LogP contribution is 2.20. The maximum absolute atomic E-state index is 12.9. The van der Waals surface area contributed by atoms with Crippen LogP contribution < -0.4 is 4.72 Å². The molecule has 2 saturated heterocycles. The summed E-state index contributed by atoms with van der Waals surface area (Å²) in [4.78, 5) is 28.8. The minimum atomic E-state index is -3.62. The van der Waals surface area contributed by atoms with E-state index in [4.69, 9.17) is 4.74 Å². The molecule has 0 spiro atoms. The van der Waals surface area contributed by atoms with Gasteiger partial charge in [0.1, 0.15) is 6.10 Å². The molecule has 0 bridgehead atoms. The Morgan fingerprint density at radius 3 is 2.41 bits per heavy atom. The van der Waals surface area contributed by atoms with E-state index in [0.717, 1.165) is 12.8 Å². The van der Waals surface area contributed by atoms with Gasteiger partial charge in [0.05, 0.1) is 4.90 Å². The molecular weight excluding hydrogens is 370 g/mol. The van der Waals surface area contributed by atoms with Gasteiger partial charge in [-0.1, -0.05) is 6.07 Å². The summed E-state index contributed by atoms with van der Waals surface area (Å²) in [5.41, 5.74) is 1.08. The van der Waals surface area contributed by atoms with Crippen molar-refractivity contribution >= 4 is 21.8 Å². The average molecular weight is 395 g/mol. The molecule has 2 aliphatic heterocycles. The first-order valence-corrected chi connectivity index (χ1v) is 10.6. The molecule has 2 heterocycles. The summed E-state index contributed by atoms with van der Waals surface area (Å²) in [5, 5.41) is 0. The lowest BCUT2D eigenvalue weighted by molar-refractivity contribution is -0.142. The summed E-state index contributed by atoms with van der Waals surface area (Å²) in [6.07, 6.45) is 1.31. The van der Waals surface area contributed by atoms with Crippen molar-refractivity contribution in [2.45, 2.75) is 30.8 Å². The number of piperazine rings is 1. The Morgan fingerprint density at radius 1 is 1.15 bits per heavy atom. The Balaban J connectivity index is 1.69. The van der Waals surface area contributed by atoms with Crippen LogP contribution in [-0.4, -0.2) is 76.0 Å². The van der Waals surface area contributed by atoms with Crippen molar-refractivity contribution in [2.24, 2.45) is 0 Å². The molecule has 27 heavy (non-hydrogen) atoms. The van der Waals surface area contributed by atoms with Crippen molar-refractivity contribution < 1.29 is 22.7 Å². The number of hydrogen-bond donors (Lipinski definition) is 1. The van der Waals surface area contributed by atoms with Gasteiger partial charge >= 0.3 is 0 Å². The molecule has 0 aromatic heterocycles. The molecule has 1 aromatic rings. The van der Waals surface area contributed by atoms with Gasteiger partial charge in [-0.3, -0.25) is 9.59 Å². The van der Waals surface area contributed by atoms with Crippen molar-refractivity contribution in [2.75, 3.05) is 39.8 Å². The number of hydrogen-bond acceptors (Lipinski definition) is 5. The Hall–Kier alpha value is -1.97. The molecule has 2 aliphatic rings. The number of rotatable bonds is 4. The second-order valence-electron chi connectivity index (χ2n) is 6.80. The molecule has 0 saturated carbocycles. The number of nitrogens with zero attached hydrogens (tertiary/aromatic N) is 2. The monoisotopic (exact) mass is 395 g/mol. The molecule has 148 valence electrons. The van der Waals surface area contributed by atoms with Crippen LogP contribution in [0.2, 0.25) is 0 Å². The molecule has 2 amide bonds. The van der Waals surface area contributed by atoms with Crippen LogP contribution in [0.5, 0.6) is 0 Å². The van der Waals surface area contributed by atoms with Gasteiger partial charge in [-0.25, -0.2) is 13.1 Å². The van der Waals surface area contributed by atoms with Crippen LogP contribution in [0.3, 0.4) is 0 Å². The molecule has 9 heteroatoms. The van der Waals surface area contributed by atoms with E-state index >= 15 is 0 Å². The smallest absolute Gasteiger partial charge is 0.254 e. The predicted octanol–water partition coefficient (Wildman–Crippen LogP) is 0.367. The maximum Gasteiger partial charge on any atom is 0.254 e. The van der Waals surface area contributed by atoms with Crippen LogP contribution >= 0.6 is 0 Å². The third-order valence-corrected chi connectivity index (χ3v) is 6.51. The molecule has 1 N–H and O–H groups in total. The van der Waals surface area contributed by atoms with E-state index in [1.165, 1.54) is 19.2 Å². The Morgan fingerprint density at radius 2 is 1.81 bits per heavy atom. The van der Waals surface area contributed by atoms with Gasteiger partial charge in [0.15, 0.2) is 0 Å². The molecule has 8 nitrogen and oxygen atoms in total. The first kappa shape index (κ1) is 19.8. The highest BCUT2D eigenvalue weighted by Gasteiger charge is 2.32. The topological polar surface area (TPSA) is 96.0 Å². The van der Waals surface area contributed by atoms with Crippen LogP contribution in [0.25, 0.3) is 0 Å². The molecule has 0 aliphatic carbocycles. The van der Waals surface area contributed by atoms with Crippen LogP contribution in [-0.2, 0) is 19.6 Å². The van der Waals surface area contributed by atoms with Crippen molar-refractivity contribution in [3.63, 3.8) is 0 Å². The van der Waals surface area contributed by atoms with Gasteiger partial charge in [-0.05, 0) is 44.5 Å². The van der Waals surface area contributed by atoms with E-state index < -0.39 is 10.0 Å². The number of amides is 2. The first-order valence-electron chi connectivity index (χ1n) is 9.07. The second-order valence-corrected chi connectivity index (χ2v) is 8.69. The molecule has 0 radical (unpaired) electrons. The van der Waals surface area contributed by atoms with Crippen molar-refractivity contribution in [3.8, 4) is 0 Å². The standard InChI is InChI=1S/C18H25N3O5S/c1-13-5-6-14(27(24,25)19-2)12-15(13)17(22)20-7-9-21(10-8-20)18(23)16-4-3-11-26-16/h5-6,12,16,19H,3-4,7-11H2,1-2H3. The SMILES string of the molecule is CNS(=O)(=O)c1ccc(C)c(C(=O)N2CCN(C(=O)C3CCCO3)CC2)c1. The average Bonchev–Trinajstić information content (AvgIpc) is 3.22. The van der Waals surface area contributed by atoms with Crippen molar-refractivity contribution in [1.82, 2.24) is 14.5 Å². The molecule has 1 aromatic carbocycles. The fraction of sp³-hybridized carbons (Fsp3) is 0.556. The molecular formula is C18H25N3O5S. The lowest BCUT2D eigenvalue weighted by Gasteiger charge is -2.36. The Bertz CT molecular complexity index is 825. The minimum absolute atomic E-state index is 0.00195. The Kier molecular flexibility index (Phi) is 5.83. The summed E-state index contributed by atoms with van der Waals surface area (Å²) >= 11 is 0. The maximum atomic E-state index is 12.9. The van der Waals surface area contributed by atoms with Crippen molar-refractivity contribution in [1.29, 1.82) is 0 Å². The third-order valence-electron chi connectivity index (χ3n) is 5.10. The number of carbonyl (C=O) groups excluding carboxylic acids is 2. The van der Waals surface area contributed by atoms with E-state index in [1.807, 2.05) is 0 Å². The largest absolute Gasteiger partial charge is 0.368 e. The lowest BCUT2D eigenvalue weighted by Crippen LogP contribution is -2.52. The van der Waals surface area contributed by atoms with Crippen LogP contribution in [0, 0.1) is 6.92 Å². The first-order chi connectivity index (χ1) is 12.8. The van der Waals surface area contributed by atoms with E-state index in [0.29, 0.717) is 43.9 Å². The van der Waals surface area contributed by atoms with Crippen LogP contribution in [0.15, 0.2) is 23.1 Å². The summed E-state index contributed by atoms with van der Waals surface area (Å²) in [7, 11) is -2.28. The third kappa shape index (κ3) is 4.15. The number of sulfonamides is 1. The van der Waals surface area contributed by atoms with E-state index in [-0.39, 0.29) is 22.8 Å². The zero-order valence-electron chi connectivity index (χ0n) is 15.6. The summed E-state index contributed by atoms with van der Waals surface area (Å²) in [6, 6.07) is 4.53. The van der Waals surface area contributed by atoms with E-state index in [2.05, 4.69) is 4.72 Å². The summed E-state index contributed by atoms with van der Waals surface area (Å²) in [5.74, 6) is -0.220. The van der Waals surface area contributed by atoms with Gasteiger partial charge in [0.2, 0.25) is 10.0 Å². The second kappa shape index (κ2) is 7.95. The van der Waals surface area contributed by atoms with E-state index in [9.17, 15) is 18.0 Å². The number of carbonyl (C=O) groups is 2. The quantitative estimate of drug-likeness (QED) is 0.795. The summed E-state index contributed by atoms with van der Waals surface area (Å²) < 4.78 is 31.7. The molecule has 3 rings (SSSR count). The fourth-order valence-electron chi connectivity index (χ4n) is 3.39. The number of ether oxygens (including phenoxy) is 1. The number of nitrogens with one attached hydrogen (secondary N) is 1. The fourth-order valence-corrected chi connectivity index (χ4v) is 4.15. The Labute approximate surface area is 159 Å². The minimum Gasteiger partial charge on any atom is -0.368 e. The normalized spacial score (nSPS) is 20.7. The van der Waals surface area contributed by atoms with E-state index in [1.54, 1.807) is 22.8 Å².